The maximum absolute atomic E-state index is 12.3. The molecule has 1 unspecified atom stereocenters. The van der Waals surface area contributed by atoms with Crippen molar-refractivity contribution in [3.05, 3.63) is 29.3 Å². The molecule has 0 spiro atoms. The third kappa shape index (κ3) is 3.59. The lowest BCUT2D eigenvalue weighted by Gasteiger charge is -2.32. The monoisotopic (exact) mass is 379 g/mol. The molecule has 0 radical (unpaired) electrons. The first-order valence-corrected chi connectivity index (χ1v) is 11.0. The van der Waals surface area contributed by atoms with Gasteiger partial charge in [0.05, 0.1) is 16.5 Å². The van der Waals surface area contributed by atoms with E-state index in [0.717, 1.165) is 11.9 Å². The average Bonchev–Trinajstić information content (AvgIpc) is 3.02. The summed E-state index contributed by atoms with van der Waals surface area (Å²) in [7, 11) is -3.66. The molecular weight excluding hydrogens is 349 g/mol. The zero-order valence-electron chi connectivity index (χ0n) is 16.6. The van der Waals surface area contributed by atoms with Gasteiger partial charge in [-0.3, -0.25) is 0 Å². The van der Waals surface area contributed by atoms with E-state index >= 15 is 0 Å². The summed E-state index contributed by atoms with van der Waals surface area (Å²) in [4.78, 5) is 0. The lowest BCUT2D eigenvalue weighted by molar-refractivity contribution is 0.00578. The van der Waals surface area contributed by atoms with Crippen molar-refractivity contribution in [1.82, 2.24) is 4.72 Å². The quantitative estimate of drug-likeness (QED) is 0.797. The first-order valence-electron chi connectivity index (χ1n) is 9.43. The molecule has 1 heterocycles. The van der Waals surface area contributed by atoms with E-state index in [1.54, 1.807) is 6.92 Å². The van der Waals surface area contributed by atoms with Gasteiger partial charge in [0, 0.05) is 6.04 Å². The van der Waals surface area contributed by atoms with E-state index in [0.29, 0.717) is 12.8 Å². The van der Waals surface area contributed by atoms with Crippen LogP contribution in [0, 0.1) is 0 Å². The normalized spacial score (nSPS) is 25.3. The second kappa shape index (κ2) is 6.62. The third-order valence-electron chi connectivity index (χ3n) is 6.12. The first kappa shape index (κ1) is 19.9. The molecule has 0 amide bonds. The molecule has 1 N–H and O–H groups in total. The Balaban J connectivity index is 1.74. The van der Waals surface area contributed by atoms with Crippen LogP contribution in [0.4, 0.5) is 0 Å². The van der Waals surface area contributed by atoms with Crippen LogP contribution in [-0.4, -0.2) is 38.0 Å². The van der Waals surface area contributed by atoms with Gasteiger partial charge in [-0.1, -0.05) is 25.1 Å². The van der Waals surface area contributed by atoms with Crippen LogP contribution in [0.2, 0.25) is 0 Å². The summed E-state index contributed by atoms with van der Waals surface area (Å²) in [6.45, 7) is 11.8. The van der Waals surface area contributed by atoms with Crippen molar-refractivity contribution in [2.75, 3.05) is 0 Å². The fourth-order valence-electron chi connectivity index (χ4n) is 3.42. The summed E-state index contributed by atoms with van der Waals surface area (Å²) in [6.07, 6.45) is 2.05. The van der Waals surface area contributed by atoms with Crippen LogP contribution >= 0.6 is 0 Å². The fourth-order valence-corrected chi connectivity index (χ4v) is 4.72. The number of sulfonamides is 1. The minimum absolute atomic E-state index is 0.0717. The predicted octanol–water partition coefficient (Wildman–Crippen LogP) is 2.17. The van der Waals surface area contributed by atoms with Gasteiger partial charge in [0.1, 0.15) is 0 Å². The Hall–Kier alpha value is -0.885. The lowest BCUT2D eigenvalue weighted by Crippen LogP contribution is -2.41. The Morgan fingerprint density at radius 2 is 1.73 bits per heavy atom. The Morgan fingerprint density at radius 3 is 2.31 bits per heavy atom. The zero-order chi connectivity index (χ0) is 19.3. The van der Waals surface area contributed by atoms with E-state index < -0.39 is 10.0 Å². The molecule has 26 heavy (non-hydrogen) atoms. The maximum Gasteiger partial charge on any atom is 0.494 e. The molecule has 0 aromatic heterocycles. The highest BCUT2D eigenvalue weighted by Gasteiger charge is 2.51. The van der Waals surface area contributed by atoms with Gasteiger partial charge in [-0.2, -0.15) is 0 Å². The van der Waals surface area contributed by atoms with E-state index in [4.69, 9.17) is 9.31 Å². The van der Waals surface area contributed by atoms with Crippen LogP contribution in [0.1, 0.15) is 59.1 Å². The van der Waals surface area contributed by atoms with Gasteiger partial charge in [-0.05, 0) is 70.5 Å². The van der Waals surface area contributed by atoms with Crippen molar-refractivity contribution in [3.8, 4) is 0 Å². The van der Waals surface area contributed by atoms with Gasteiger partial charge in [0.15, 0.2) is 0 Å². The Kier molecular flexibility index (Phi) is 5.06. The van der Waals surface area contributed by atoms with Crippen molar-refractivity contribution in [1.29, 1.82) is 0 Å². The molecule has 1 fully saturated rings. The summed E-state index contributed by atoms with van der Waals surface area (Å²) >= 11 is 0. The molecule has 5 nitrogen and oxygen atoms in total. The van der Waals surface area contributed by atoms with Crippen LogP contribution in [0.5, 0.6) is 0 Å². The van der Waals surface area contributed by atoms with Crippen LogP contribution in [0.3, 0.4) is 0 Å². The zero-order valence-corrected chi connectivity index (χ0v) is 17.4. The maximum atomic E-state index is 12.3. The second-order valence-corrected chi connectivity index (χ2v) is 10.7. The summed E-state index contributed by atoms with van der Waals surface area (Å²) in [6, 6.07) is 6.15. The largest absolute Gasteiger partial charge is 0.494 e. The van der Waals surface area contributed by atoms with E-state index in [-0.39, 0.29) is 29.6 Å². The van der Waals surface area contributed by atoms with Gasteiger partial charge in [-0.15, -0.1) is 0 Å². The predicted molar refractivity (Wildman–Crippen MR) is 105 cm³/mol. The Morgan fingerprint density at radius 1 is 1.15 bits per heavy atom. The summed E-state index contributed by atoms with van der Waals surface area (Å²) in [5.74, 6) is 0. The molecule has 3 rings (SSSR count). The minimum atomic E-state index is -3.27. The summed E-state index contributed by atoms with van der Waals surface area (Å²) < 4.78 is 39.8. The van der Waals surface area contributed by atoms with Gasteiger partial charge < -0.3 is 9.31 Å². The standard InChI is InChI=1S/C19H30BNO4S/c1-7-13(2)26(22,23)21-17-11-14-8-9-16(10-15(14)12-17)20-24-18(3,4)19(5,6)25-20/h8-10,13,17,21H,7,11-12H2,1-6H3/t13?,17-/m0/s1. The molecule has 0 saturated carbocycles. The number of hydrogen-bond acceptors (Lipinski definition) is 4. The molecule has 144 valence electrons. The first-order chi connectivity index (χ1) is 11.9. The van der Waals surface area contributed by atoms with Gasteiger partial charge in [0.2, 0.25) is 10.0 Å². The molecular formula is C19H30BNO4S. The third-order valence-corrected chi connectivity index (χ3v) is 8.18. The Bertz CT molecular complexity index is 775. The SMILES string of the molecule is CCC(C)S(=O)(=O)N[C@H]1Cc2ccc(B3OC(C)(C)C(C)(C)O3)cc2C1. The molecule has 1 aromatic rings. The lowest BCUT2D eigenvalue weighted by atomic mass is 9.78. The van der Waals surface area contributed by atoms with Crippen LogP contribution in [0.25, 0.3) is 0 Å². The molecule has 2 atom stereocenters. The average molecular weight is 379 g/mol. The van der Waals surface area contributed by atoms with Crippen molar-refractivity contribution in [2.24, 2.45) is 0 Å². The van der Waals surface area contributed by atoms with Gasteiger partial charge >= 0.3 is 7.12 Å². The fraction of sp³-hybridized carbons (Fsp3) is 0.684. The van der Waals surface area contributed by atoms with E-state index in [9.17, 15) is 8.42 Å². The van der Waals surface area contributed by atoms with E-state index in [1.807, 2.05) is 40.7 Å². The summed E-state index contributed by atoms with van der Waals surface area (Å²) in [5.41, 5.74) is 2.63. The smallest absolute Gasteiger partial charge is 0.399 e. The highest BCUT2D eigenvalue weighted by atomic mass is 32.2. The van der Waals surface area contributed by atoms with Crippen LogP contribution in [-0.2, 0) is 32.2 Å². The number of benzene rings is 1. The number of fused-ring (bicyclic) bond motifs is 1. The van der Waals surface area contributed by atoms with Crippen molar-refractivity contribution >= 4 is 22.6 Å². The van der Waals surface area contributed by atoms with Crippen LogP contribution in [0.15, 0.2) is 18.2 Å². The van der Waals surface area contributed by atoms with E-state index in [1.165, 1.54) is 11.1 Å². The summed E-state index contributed by atoms with van der Waals surface area (Å²) in [5, 5.41) is -0.369. The van der Waals surface area contributed by atoms with Gasteiger partial charge in [-0.25, -0.2) is 13.1 Å². The number of hydrogen-bond donors (Lipinski definition) is 1. The molecule has 1 aromatic carbocycles. The van der Waals surface area contributed by atoms with Crippen LogP contribution < -0.4 is 10.2 Å². The van der Waals surface area contributed by atoms with E-state index in [2.05, 4.69) is 16.9 Å². The van der Waals surface area contributed by atoms with Gasteiger partial charge in [0.25, 0.3) is 0 Å². The molecule has 1 aliphatic heterocycles. The number of rotatable bonds is 5. The van der Waals surface area contributed by atoms with Crippen molar-refractivity contribution in [2.45, 2.75) is 83.3 Å². The van der Waals surface area contributed by atoms with Crippen molar-refractivity contribution in [3.63, 3.8) is 0 Å². The van der Waals surface area contributed by atoms with Crippen molar-refractivity contribution < 1.29 is 17.7 Å². The minimum Gasteiger partial charge on any atom is -0.399 e. The molecule has 2 aliphatic rings. The highest BCUT2D eigenvalue weighted by molar-refractivity contribution is 7.90. The molecule has 0 bridgehead atoms. The molecule has 7 heteroatoms. The molecule has 1 saturated heterocycles. The Labute approximate surface area is 158 Å². The number of nitrogens with one attached hydrogen (secondary N) is 1. The second-order valence-electron chi connectivity index (χ2n) is 8.60. The topological polar surface area (TPSA) is 64.6 Å². The highest BCUT2D eigenvalue weighted by Crippen LogP contribution is 2.36. The molecule has 1 aliphatic carbocycles.